The molecule has 10 nitrogen and oxygen atoms in total. The van der Waals surface area contributed by atoms with Gasteiger partial charge in [0.05, 0.1) is 18.8 Å². The quantitative estimate of drug-likeness (QED) is 0.237. The van der Waals surface area contributed by atoms with E-state index in [0.717, 1.165) is 19.3 Å². The summed E-state index contributed by atoms with van der Waals surface area (Å²) in [6.45, 7) is 9.56. The zero-order valence-corrected chi connectivity index (χ0v) is 21.9. The van der Waals surface area contributed by atoms with Crippen molar-refractivity contribution in [2.24, 2.45) is 5.92 Å². The third-order valence-electron chi connectivity index (χ3n) is 5.36. The van der Waals surface area contributed by atoms with Crippen molar-refractivity contribution < 1.29 is 34.1 Å². The highest BCUT2D eigenvalue weighted by Crippen LogP contribution is 2.34. The average Bonchev–Trinajstić information content (AvgIpc) is 2.73. The summed E-state index contributed by atoms with van der Waals surface area (Å²) in [5.74, 6) is -0.0498. The molecule has 0 spiro atoms. The van der Waals surface area contributed by atoms with Gasteiger partial charge in [-0.25, -0.2) is 4.79 Å². The summed E-state index contributed by atoms with van der Waals surface area (Å²) < 4.78 is 11.0. The van der Waals surface area contributed by atoms with E-state index in [9.17, 15) is 24.6 Å². The minimum atomic E-state index is -0.869. The normalized spacial score (nSPS) is 24.9. The molecule has 1 aliphatic heterocycles. The van der Waals surface area contributed by atoms with Crippen LogP contribution in [-0.2, 0) is 19.1 Å². The topological polar surface area (TPSA) is 146 Å². The number of hydrogen-bond acceptors (Lipinski definition) is 8. The molecule has 3 amide bonds. The van der Waals surface area contributed by atoms with Crippen molar-refractivity contribution in [2.75, 3.05) is 25.4 Å². The number of amides is 3. The van der Waals surface area contributed by atoms with Gasteiger partial charge in [-0.05, 0) is 46.5 Å². The molecule has 1 fully saturated rings. The number of aliphatic hydroxyl groups is 2. The number of hydrogen-bond donors (Lipinski definition) is 5. The average molecular weight is 506 g/mol. The van der Waals surface area contributed by atoms with Gasteiger partial charge in [-0.15, -0.1) is 11.8 Å². The predicted octanol–water partition coefficient (Wildman–Crippen LogP) is 1.53. The number of thioether (sulfide) groups is 1. The molecular weight excluding hydrogens is 462 g/mol. The lowest BCUT2D eigenvalue weighted by molar-refractivity contribution is -0.152. The molecule has 0 bridgehead atoms. The molecule has 11 heteroatoms. The summed E-state index contributed by atoms with van der Waals surface area (Å²) in [4.78, 5) is 35.4. The molecule has 0 aromatic heterocycles. The number of carbonyl (C=O) groups excluding carboxylic acids is 3. The number of alkyl carbamates (subject to hydrolysis) is 1. The first-order valence-electron chi connectivity index (χ1n) is 12.0. The van der Waals surface area contributed by atoms with Gasteiger partial charge < -0.3 is 35.6 Å². The van der Waals surface area contributed by atoms with Crippen LogP contribution in [0.15, 0.2) is 0 Å². The van der Waals surface area contributed by atoms with Crippen LogP contribution in [-0.4, -0.2) is 82.9 Å². The van der Waals surface area contributed by atoms with E-state index >= 15 is 0 Å². The summed E-state index contributed by atoms with van der Waals surface area (Å²) in [5.41, 5.74) is -0.972. The molecule has 5 atom stereocenters. The highest BCUT2D eigenvalue weighted by molar-refractivity contribution is 7.99. The first-order chi connectivity index (χ1) is 16.0. The van der Waals surface area contributed by atoms with Crippen molar-refractivity contribution >= 4 is 29.7 Å². The molecular formula is C23H43N3O7S. The van der Waals surface area contributed by atoms with Crippen LogP contribution in [0.3, 0.4) is 0 Å². The van der Waals surface area contributed by atoms with Crippen LogP contribution in [0.1, 0.15) is 66.7 Å². The lowest BCUT2D eigenvalue weighted by atomic mass is 9.86. The van der Waals surface area contributed by atoms with Gasteiger partial charge in [-0.1, -0.05) is 6.92 Å². The smallest absolute Gasteiger partial charge is 0.407 e. The van der Waals surface area contributed by atoms with Crippen LogP contribution in [0.2, 0.25) is 0 Å². The largest absolute Gasteiger partial charge is 0.444 e. The Morgan fingerprint density at radius 3 is 2.29 bits per heavy atom. The second kappa shape index (κ2) is 15.4. The molecule has 0 saturated carbocycles. The molecule has 0 unspecified atom stereocenters. The molecule has 198 valence electrons. The van der Waals surface area contributed by atoms with Crippen molar-refractivity contribution in [3.8, 4) is 0 Å². The van der Waals surface area contributed by atoms with Crippen LogP contribution in [0.4, 0.5) is 4.79 Å². The van der Waals surface area contributed by atoms with Gasteiger partial charge in [0.1, 0.15) is 17.1 Å². The molecule has 1 heterocycles. The highest BCUT2D eigenvalue weighted by atomic mass is 32.2. The fourth-order valence-electron chi connectivity index (χ4n) is 3.74. The standard InChI is InChI=1S/C23H43N3O7S/c1-6-16-19(26-15(2)28)21(32-17(14-27)20(16)30)34-13-10-18(29)24-11-8-7-9-12-25-22(31)33-23(3,4)5/h16-17,19-21,27,30H,6-14H2,1-5H3,(H,24,29)(H,25,31)(H,26,28)/t16-,17-,19-,20-,21-/m1/s1. The van der Waals surface area contributed by atoms with E-state index in [1.165, 1.54) is 18.7 Å². The van der Waals surface area contributed by atoms with Gasteiger partial charge in [0.15, 0.2) is 0 Å². The molecule has 34 heavy (non-hydrogen) atoms. The van der Waals surface area contributed by atoms with Gasteiger partial charge in [0.2, 0.25) is 11.8 Å². The van der Waals surface area contributed by atoms with Crippen molar-refractivity contribution in [2.45, 2.75) is 96.0 Å². The number of nitrogens with one attached hydrogen (secondary N) is 3. The first kappa shape index (κ1) is 30.5. The van der Waals surface area contributed by atoms with Gasteiger partial charge in [-0.2, -0.15) is 0 Å². The SMILES string of the molecule is CC[C@H]1[C@@H](O)[C@@H](CO)O[C@H](SCCC(=O)NCCCCCNC(=O)OC(C)(C)C)[C@@H]1NC(C)=O. The fraction of sp³-hybridized carbons (Fsp3) is 0.870. The Labute approximate surface area is 207 Å². The molecule has 0 aromatic carbocycles. The summed E-state index contributed by atoms with van der Waals surface area (Å²) in [6, 6.07) is -0.400. The summed E-state index contributed by atoms with van der Waals surface area (Å²) in [5, 5.41) is 28.5. The van der Waals surface area contributed by atoms with Gasteiger partial charge >= 0.3 is 6.09 Å². The first-order valence-corrected chi connectivity index (χ1v) is 13.1. The van der Waals surface area contributed by atoms with E-state index in [4.69, 9.17) is 9.47 Å². The molecule has 1 saturated heterocycles. The van der Waals surface area contributed by atoms with Crippen molar-refractivity contribution in [1.82, 2.24) is 16.0 Å². The van der Waals surface area contributed by atoms with Gasteiger partial charge in [-0.3, -0.25) is 9.59 Å². The Hall–Kier alpha value is -1.56. The number of aliphatic hydroxyl groups excluding tert-OH is 2. The Kier molecular flexibility index (Phi) is 13.8. The molecule has 1 rings (SSSR count). The molecule has 0 radical (unpaired) electrons. The van der Waals surface area contributed by atoms with Crippen LogP contribution in [0, 0.1) is 5.92 Å². The van der Waals surface area contributed by atoms with Crippen LogP contribution >= 0.6 is 11.8 Å². The van der Waals surface area contributed by atoms with Crippen molar-refractivity contribution in [3.05, 3.63) is 0 Å². The zero-order chi connectivity index (χ0) is 25.7. The minimum Gasteiger partial charge on any atom is -0.444 e. The number of carbonyl (C=O) groups is 3. The van der Waals surface area contributed by atoms with E-state index in [-0.39, 0.29) is 24.3 Å². The maximum atomic E-state index is 12.2. The van der Waals surface area contributed by atoms with Crippen molar-refractivity contribution in [3.63, 3.8) is 0 Å². The Morgan fingerprint density at radius 2 is 1.74 bits per heavy atom. The fourth-order valence-corrected chi connectivity index (χ4v) is 4.98. The molecule has 0 aromatic rings. The summed E-state index contributed by atoms with van der Waals surface area (Å²) in [7, 11) is 0. The van der Waals surface area contributed by atoms with Crippen LogP contribution in [0.25, 0.3) is 0 Å². The Bertz CT molecular complexity index is 645. The number of unbranched alkanes of at least 4 members (excludes halogenated alkanes) is 2. The van der Waals surface area contributed by atoms with E-state index in [1.807, 2.05) is 27.7 Å². The van der Waals surface area contributed by atoms with Gasteiger partial charge in [0, 0.05) is 38.1 Å². The van der Waals surface area contributed by atoms with E-state index in [0.29, 0.717) is 31.7 Å². The lowest BCUT2D eigenvalue weighted by Gasteiger charge is -2.44. The van der Waals surface area contributed by atoms with E-state index < -0.39 is 35.4 Å². The van der Waals surface area contributed by atoms with E-state index in [1.54, 1.807) is 0 Å². The maximum absolute atomic E-state index is 12.2. The van der Waals surface area contributed by atoms with Crippen LogP contribution < -0.4 is 16.0 Å². The maximum Gasteiger partial charge on any atom is 0.407 e. The van der Waals surface area contributed by atoms with Crippen LogP contribution in [0.5, 0.6) is 0 Å². The monoisotopic (exact) mass is 505 g/mol. The Morgan fingerprint density at radius 1 is 1.09 bits per heavy atom. The summed E-state index contributed by atoms with van der Waals surface area (Å²) in [6.07, 6.45) is 1.37. The zero-order valence-electron chi connectivity index (χ0n) is 21.1. The molecule has 0 aliphatic carbocycles. The second-order valence-corrected chi connectivity index (χ2v) is 10.7. The number of ether oxygens (including phenoxy) is 2. The minimum absolute atomic E-state index is 0.0722. The second-order valence-electron chi connectivity index (χ2n) is 9.47. The molecule has 5 N–H and O–H groups in total. The lowest BCUT2D eigenvalue weighted by Crippen LogP contribution is -2.60. The summed E-state index contributed by atoms with van der Waals surface area (Å²) >= 11 is 1.40. The third kappa shape index (κ3) is 11.7. The predicted molar refractivity (Wildman–Crippen MR) is 131 cm³/mol. The highest BCUT2D eigenvalue weighted by Gasteiger charge is 2.44. The van der Waals surface area contributed by atoms with Crippen molar-refractivity contribution in [1.29, 1.82) is 0 Å². The van der Waals surface area contributed by atoms with Gasteiger partial charge in [0.25, 0.3) is 0 Å². The third-order valence-corrected chi connectivity index (χ3v) is 6.53. The Balaban J connectivity index is 2.29. The molecule has 1 aliphatic rings. The van der Waals surface area contributed by atoms with E-state index in [2.05, 4.69) is 16.0 Å². The number of rotatable bonds is 13.